The number of hydrogen-bond acceptors (Lipinski definition) is 6. The van der Waals surface area contributed by atoms with E-state index in [0.29, 0.717) is 48.5 Å². The molecule has 0 aliphatic carbocycles. The first kappa shape index (κ1) is 20.8. The van der Waals surface area contributed by atoms with Crippen molar-refractivity contribution < 1.29 is 24.1 Å². The van der Waals surface area contributed by atoms with Crippen LogP contribution >= 0.6 is 24.0 Å². The van der Waals surface area contributed by atoms with Gasteiger partial charge in [0.25, 0.3) is 0 Å². The molecule has 1 atom stereocenters. The summed E-state index contributed by atoms with van der Waals surface area (Å²) in [7, 11) is 1.59. The number of fused-ring (bicyclic) bond motifs is 1. The molecule has 0 spiro atoms. The van der Waals surface area contributed by atoms with Gasteiger partial charge in [0.2, 0.25) is 5.91 Å². The van der Waals surface area contributed by atoms with Gasteiger partial charge in [-0.2, -0.15) is 0 Å². The number of rotatable bonds is 8. The number of carbonyl (C=O) groups excluding carboxylic acids is 1. The average molecular weight is 381 g/mol. The van der Waals surface area contributed by atoms with Crippen molar-refractivity contribution in [3.05, 3.63) is 22.7 Å². The van der Waals surface area contributed by atoms with Crippen LogP contribution in [0, 0.1) is 0 Å². The fourth-order valence-electron chi connectivity index (χ4n) is 2.09. The van der Waals surface area contributed by atoms with Crippen LogP contribution in [0.3, 0.4) is 0 Å². The molecule has 3 N–H and O–H groups in total. The van der Waals surface area contributed by atoms with Gasteiger partial charge >= 0.3 is 0 Å². The van der Waals surface area contributed by atoms with Gasteiger partial charge in [0.05, 0.1) is 24.3 Å². The Labute approximate surface area is 152 Å². The maximum atomic E-state index is 11.6. The molecule has 136 valence electrons. The highest BCUT2D eigenvalue weighted by molar-refractivity contribution is 6.32. The van der Waals surface area contributed by atoms with Gasteiger partial charge in [-0.1, -0.05) is 11.6 Å². The predicted octanol–water partition coefficient (Wildman–Crippen LogP) is 0.919. The van der Waals surface area contributed by atoms with Crippen LogP contribution in [0.1, 0.15) is 11.7 Å². The van der Waals surface area contributed by atoms with Gasteiger partial charge in [-0.25, -0.2) is 0 Å². The molecule has 1 amide bonds. The molecule has 0 bridgehead atoms. The Balaban J connectivity index is 0.00000288. The second-order valence-electron chi connectivity index (χ2n) is 5.02. The second-order valence-corrected chi connectivity index (χ2v) is 5.42. The summed E-state index contributed by atoms with van der Waals surface area (Å²) in [6, 6.07) is 3.29. The minimum absolute atomic E-state index is 0. The van der Waals surface area contributed by atoms with Crippen LogP contribution in [0.25, 0.3) is 0 Å². The van der Waals surface area contributed by atoms with Crippen LogP contribution in [-0.4, -0.2) is 57.6 Å². The Kier molecular flexibility index (Phi) is 9.17. The number of halogens is 2. The third-order valence-corrected chi connectivity index (χ3v) is 3.55. The number of aliphatic hydroxyl groups is 1. The maximum Gasteiger partial charge on any atom is 0.234 e. The van der Waals surface area contributed by atoms with E-state index in [1.807, 2.05) is 0 Å². The van der Waals surface area contributed by atoms with E-state index in [1.165, 1.54) is 0 Å². The molecule has 0 radical (unpaired) electrons. The zero-order valence-electron chi connectivity index (χ0n) is 13.3. The first-order valence-corrected chi connectivity index (χ1v) is 7.73. The van der Waals surface area contributed by atoms with Gasteiger partial charge in [0, 0.05) is 20.2 Å². The van der Waals surface area contributed by atoms with Crippen LogP contribution in [-0.2, 0) is 9.53 Å². The molecular formula is C15H22Cl2N2O5. The Morgan fingerprint density at radius 1 is 1.42 bits per heavy atom. The van der Waals surface area contributed by atoms with Crippen LogP contribution in [0.5, 0.6) is 11.5 Å². The quantitative estimate of drug-likeness (QED) is 0.581. The molecule has 1 aliphatic rings. The van der Waals surface area contributed by atoms with Crippen molar-refractivity contribution in [3.8, 4) is 11.5 Å². The lowest BCUT2D eigenvalue weighted by Crippen LogP contribution is -2.37. The van der Waals surface area contributed by atoms with E-state index in [1.54, 1.807) is 19.2 Å². The van der Waals surface area contributed by atoms with Crippen LogP contribution < -0.4 is 20.1 Å². The monoisotopic (exact) mass is 380 g/mol. The number of benzene rings is 1. The fourth-order valence-corrected chi connectivity index (χ4v) is 2.36. The first-order valence-electron chi connectivity index (χ1n) is 7.35. The van der Waals surface area contributed by atoms with E-state index in [-0.39, 0.29) is 31.4 Å². The van der Waals surface area contributed by atoms with Crippen molar-refractivity contribution in [2.75, 3.05) is 46.6 Å². The molecule has 1 unspecified atom stereocenters. The summed E-state index contributed by atoms with van der Waals surface area (Å²) in [6.45, 7) is 2.25. The van der Waals surface area contributed by atoms with Gasteiger partial charge in [-0.15, -0.1) is 12.4 Å². The third-order valence-electron chi connectivity index (χ3n) is 3.27. The zero-order chi connectivity index (χ0) is 16.7. The van der Waals surface area contributed by atoms with E-state index >= 15 is 0 Å². The van der Waals surface area contributed by atoms with Gasteiger partial charge in [-0.3, -0.25) is 4.79 Å². The SMILES string of the molecule is COCCNCC(=O)NCC(O)c1cc(Cl)c2c(c1)OCCO2.Cl. The lowest BCUT2D eigenvalue weighted by molar-refractivity contribution is -0.120. The predicted molar refractivity (Wildman–Crippen MR) is 92.4 cm³/mol. The van der Waals surface area contributed by atoms with Gasteiger partial charge < -0.3 is 30.0 Å². The molecule has 24 heavy (non-hydrogen) atoms. The number of methoxy groups -OCH3 is 1. The lowest BCUT2D eigenvalue weighted by atomic mass is 10.1. The van der Waals surface area contributed by atoms with E-state index in [4.69, 9.17) is 25.8 Å². The Hall–Kier alpha value is -1.25. The maximum absolute atomic E-state index is 11.6. The molecule has 7 nitrogen and oxygen atoms in total. The van der Waals surface area contributed by atoms with E-state index < -0.39 is 6.10 Å². The van der Waals surface area contributed by atoms with E-state index in [2.05, 4.69) is 10.6 Å². The summed E-state index contributed by atoms with van der Waals surface area (Å²) in [6.07, 6.45) is -0.883. The van der Waals surface area contributed by atoms with Crippen molar-refractivity contribution in [1.29, 1.82) is 0 Å². The smallest absolute Gasteiger partial charge is 0.234 e. The van der Waals surface area contributed by atoms with E-state index in [0.717, 1.165) is 0 Å². The normalized spacial score (nSPS) is 13.8. The van der Waals surface area contributed by atoms with Crippen molar-refractivity contribution in [2.24, 2.45) is 0 Å². The fraction of sp³-hybridized carbons (Fsp3) is 0.533. The van der Waals surface area contributed by atoms with E-state index in [9.17, 15) is 9.90 Å². The molecule has 0 saturated carbocycles. The molecule has 1 aliphatic heterocycles. The summed E-state index contributed by atoms with van der Waals surface area (Å²) in [5, 5.41) is 16.1. The topological polar surface area (TPSA) is 89.1 Å². The summed E-state index contributed by atoms with van der Waals surface area (Å²) >= 11 is 6.13. The van der Waals surface area contributed by atoms with Gasteiger partial charge in [0.1, 0.15) is 13.2 Å². The van der Waals surface area contributed by atoms with Crippen molar-refractivity contribution in [2.45, 2.75) is 6.10 Å². The Morgan fingerprint density at radius 3 is 2.92 bits per heavy atom. The molecule has 0 saturated heterocycles. The molecule has 0 aromatic heterocycles. The van der Waals surface area contributed by atoms with Crippen LogP contribution in [0.2, 0.25) is 5.02 Å². The summed E-state index contributed by atoms with van der Waals surface area (Å²) in [5.41, 5.74) is 0.562. The number of ether oxygens (including phenoxy) is 3. The molecule has 1 aromatic carbocycles. The summed E-state index contributed by atoms with van der Waals surface area (Å²) in [5.74, 6) is 0.786. The average Bonchev–Trinajstić information content (AvgIpc) is 2.56. The first-order chi connectivity index (χ1) is 11.1. The van der Waals surface area contributed by atoms with Crippen LogP contribution in [0.15, 0.2) is 12.1 Å². The highest BCUT2D eigenvalue weighted by Crippen LogP contribution is 2.39. The summed E-state index contributed by atoms with van der Waals surface area (Å²) < 4.78 is 15.8. The lowest BCUT2D eigenvalue weighted by Gasteiger charge is -2.21. The van der Waals surface area contributed by atoms with Crippen LogP contribution in [0.4, 0.5) is 0 Å². The molecule has 2 rings (SSSR count). The molecule has 0 fully saturated rings. The number of amides is 1. The Bertz CT molecular complexity index is 545. The third kappa shape index (κ3) is 5.99. The molecule has 9 heteroatoms. The zero-order valence-corrected chi connectivity index (χ0v) is 14.9. The summed E-state index contributed by atoms with van der Waals surface area (Å²) in [4.78, 5) is 11.6. The number of nitrogens with one attached hydrogen (secondary N) is 2. The molecule has 1 heterocycles. The highest BCUT2D eigenvalue weighted by atomic mass is 35.5. The highest BCUT2D eigenvalue weighted by Gasteiger charge is 2.19. The van der Waals surface area contributed by atoms with Gasteiger partial charge in [-0.05, 0) is 17.7 Å². The largest absolute Gasteiger partial charge is 0.486 e. The number of aliphatic hydroxyl groups excluding tert-OH is 1. The standard InChI is InChI=1S/C15H21ClN2O5.ClH/c1-21-3-2-17-9-14(20)18-8-12(19)10-6-11(16)15-13(7-10)22-4-5-23-15;/h6-7,12,17,19H,2-5,8-9H2,1H3,(H,18,20);1H. The minimum atomic E-state index is -0.883. The van der Waals surface area contributed by atoms with Crippen molar-refractivity contribution in [1.82, 2.24) is 10.6 Å². The molecular weight excluding hydrogens is 359 g/mol. The number of carbonyl (C=O) groups is 1. The van der Waals surface area contributed by atoms with Crippen molar-refractivity contribution >= 4 is 29.9 Å². The molecule has 1 aromatic rings. The second kappa shape index (κ2) is 10.6. The van der Waals surface area contributed by atoms with Crippen molar-refractivity contribution in [3.63, 3.8) is 0 Å². The Morgan fingerprint density at radius 2 is 2.17 bits per heavy atom. The number of hydrogen-bond donors (Lipinski definition) is 3. The minimum Gasteiger partial charge on any atom is -0.486 e. The van der Waals surface area contributed by atoms with Gasteiger partial charge in [0.15, 0.2) is 11.5 Å².